The minimum Gasteiger partial charge on any atom is -0.356 e. The zero-order chi connectivity index (χ0) is 12.2. The summed E-state index contributed by atoms with van der Waals surface area (Å²) in [5.41, 5.74) is 0. The normalized spacial score (nSPS) is 22.9. The van der Waals surface area contributed by atoms with Crippen LogP contribution in [0.3, 0.4) is 0 Å². The molecule has 1 saturated heterocycles. The number of nitrogens with one attached hydrogen (secondary N) is 1. The number of carbonyl (C=O) groups is 1. The predicted molar refractivity (Wildman–Crippen MR) is 62.4 cm³/mol. The number of amides is 1. The van der Waals surface area contributed by atoms with Gasteiger partial charge in [-0.2, -0.15) is 0 Å². The SMILES string of the molecule is CN(CCC1CCCCNC1=O)S(C)(=O)=O. The van der Waals surface area contributed by atoms with Crippen molar-refractivity contribution < 1.29 is 13.2 Å². The topological polar surface area (TPSA) is 66.5 Å². The third kappa shape index (κ3) is 4.09. The lowest BCUT2D eigenvalue weighted by atomic mass is 9.99. The molecule has 16 heavy (non-hydrogen) atoms. The molecule has 0 spiro atoms. The van der Waals surface area contributed by atoms with Crippen molar-refractivity contribution in [3.05, 3.63) is 0 Å². The van der Waals surface area contributed by atoms with E-state index in [-0.39, 0.29) is 11.8 Å². The van der Waals surface area contributed by atoms with Gasteiger partial charge >= 0.3 is 0 Å². The van der Waals surface area contributed by atoms with Gasteiger partial charge in [-0.1, -0.05) is 6.42 Å². The Balaban J connectivity index is 2.44. The third-order valence-electron chi connectivity index (χ3n) is 3.01. The van der Waals surface area contributed by atoms with Gasteiger partial charge in [0.2, 0.25) is 15.9 Å². The van der Waals surface area contributed by atoms with E-state index in [4.69, 9.17) is 0 Å². The van der Waals surface area contributed by atoms with Crippen molar-refractivity contribution in [2.24, 2.45) is 5.92 Å². The highest BCUT2D eigenvalue weighted by atomic mass is 32.2. The Morgan fingerprint density at radius 3 is 2.75 bits per heavy atom. The molecule has 1 amide bonds. The lowest BCUT2D eigenvalue weighted by molar-refractivity contribution is -0.124. The maximum absolute atomic E-state index is 11.6. The molecule has 0 aliphatic carbocycles. The molecule has 94 valence electrons. The van der Waals surface area contributed by atoms with Crippen LogP contribution in [0.25, 0.3) is 0 Å². The van der Waals surface area contributed by atoms with Crippen molar-refractivity contribution in [1.29, 1.82) is 0 Å². The average Bonchev–Trinajstić information content (AvgIpc) is 2.38. The molecule has 1 heterocycles. The van der Waals surface area contributed by atoms with Gasteiger partial charge in [-0.05, 0) is 19.3 Å². The van der Waals surface area contributed by atoms with E-state index in [2.05, 4.69) is 5.32 Å². The molecule has 1 aliphatic rings. The van der Waals surface area contributed by atoms with Gasteiger partial charge < -0.3 is 5.32 Å². The van der Waals surface area contributed by atoms with Gasteiger partial charge in [0.25, 0.3) is 0 Å². The fraction of sp³-hybridized carbons (Fsp3) is 0.900. The first-order valence-corrected chi connectivity index (χ1v) is 7.45. The molecule has 0 aromatic heterocycles. The van der Waals surface area contributed by atoms with Crippen LogP contribution in [0.15, 0.2) is 0 Å². The first-order valence-electron chi connectivity index (χ1n) is 5.60. The monoisotopic (exact) mass is 248 g/mol. The summed E-state index contributed by atoms with van der Waals surface area (Å²) in [5, 5.41) is 2.85. The van der Waals surface area contributed by atoms with Crippen molar-refractivity contribution in [2.75, 3.05) is 26.4 Å². The molecule has 0 bridgehead atoms. The molecule has 0 aromatic carbocycles. The van der Waals surface area contributed by atoms with Gasteiger partial charge in [-0.3, -0.25) is 4.79 Å². The number of hydrogen-bond acceptors (Lipinski definition) is 3. The number of sulfonamides is 1. The second kappa shape index (κ2) is 5.63. The van der Waals surface area contributed by atoms with E-state index in [0.29, 0.717) is 13.0 Å². The summed E-state index contributed by atoms with van der Waals surface area (Å²) in [6.45, 7) is 1.16. The van der Waals surface area contributed by atoms with Gasteiger partial charge in [-0.25, -0.2) is 12.7 Å². The average molecular weight is 248 g/mol. The van der Waals surface area contributed by atoms with Crippen LogP contribution < -0.4 is 5.32 Å². The van der Waals surface area contributed by atoms with Crippen LogP contribution >= 0.6 is 0 Å². The molecule has 6 heteroatoms. The number of hydrogen-bond donors (Lipinski definition) is 1. The van der Waals surface area contributed by atoms with Crippen LogP contribution in [0.5, 0.6) is 0 Å². The molecule has 1 aliphatic heterocycles. The van der Waals surface area contributed by atoms with E-state index in [0.717, 1.165) is 25.8 Å². The molecular weight excluding hydrogens is 228 g/mol. The molecule has 1 N–H and O–H groups in total. The second-order valence-electron chi connectivity index (χ2n) is 4.36. The van der Waals surface area contributed by atoms with Crippen molar-refractivity contribution in [1.82, 2.24) is 9.62 Å². The standard InChI is InChI=1S/C10H20N2O3S/c1-12(16(2,14)15)8-6-9-5-3-4-7-11-10(9)13/h9H,3-8H2,1-2H3,(H,11,13). The Kier molecular flexibility index (Phi) is 4.73. The first-order chi connectivity index (χ1) is 7.41. The van der Waals surface area contributed by atoms with Gasteiger partial charge in [0.1, 0.15) is 0 Å². The highest BCUT2D eigenvalue weighted by Gasteiger charge is 2.22. The molecule has 0 radical (unpaired) electrons. The van der Waals surface area contributed by atoms with Crippen LogP contribution in [-0.2, 0) is 14.8 Å². The molecular formula is C10H20N2O3S. The van der Waals surface area contributed by atoms with Gasteiger partial charge in [0, 0.05) is 26.1 Å². The fourth-order valence-electron chi connectivity index (χ4n) is 1.78. The van der Waals surface area contributed by atoms with Gasteiger partial charge in [0.15, 0.2) is 0 Å². The van der Waals surface area contributed by atoms with Crippen LogP contribution in [0.2, 0.25) is 0 Å². The second-order valence-corrected chi connectivity index (χ2v) is 6.45. The van der Waals surface area contributed by atoms with Crippen LogP contribution in [-0.4, -0.2) is 45.0 Å². The maximum Gasteiger partial charge on any atom is 0.223 e. The van der Waals surface area contributed by atoms with E-state index in [1.165, 1.54) is 10.6 Å². The smallest absolute Gasteiger partial charge is 0.223 e. The summed E-state index contributed by atoms with van der Waals surface area (Å²) in [4.78, 5) is 11.6. The lowest BCUT2D eigenvalue weighted by Gasteiger charge is -2.18. The zero-order valence-electron chi connectivity index (χ0n) is 9.90. The number of nitrogens with zero attached hydrogens (tertiary/aromatic N) is 1. The summed E-state index contributed by atoms with van der Waals surface area (Å²) in [6, 6.07) is 0. The molecule has 1 unspecified atom stereocenters. The Labute approximate surface area is 97.2 Å². The van der Waals surface area contributed by atoms with E-state index in [9.17, 15) is 13.2 Å². The molecule has 1 fully saturated rings. The summed E-state index contributed by atoms with van der Waals surface area (Å²) in [6.07, 6.45) is 4.70. The van der Waals surface area contributed by atoms with E-state index < -0.39 is 10.0 Å². The highest BCUT2D eigenvalue weighted by Crippen LogP contribution is 2.16. The van der Waals surface area contributed by atoms with E-state index in [1.54, 1.807) is 7.05 Å². The minimum absolute atomic E-state index is 0.0355. The minimum atomic E-state index is -3.13. The maximum atomic E-state index is 11.6. The summed E-state index contributed by atoms with van der Waals surface area (Å²) >= 11 is 0. The lowest BCUT2D eigenvalue weighted by Crippen LogP contribution is -2.33. The van der Waals surface area contributed by atoms with Crippen molar-refractivity contribution >= 4 is 15.9 Å². The van der Waals surface area contributed by atoms with Crippen molar-refractivity contribution in [3.8, 4) is 0 Å². The Morgan fingerprint density at radius 1 is 1.44 bits per heavy atom. The third-order valence-corrected chi connectivity index (χ3v) is 4.32. The van der Waals surface area contributed by atoms with E-state index in [1.807, 2.05) is 0 Å². The summed E-state index contributed by atoms with van der Waals surface area (Å²) in [7, 11) is -1.58. The highest BCUT2D eigenvalue weighted by molar-refractivity contribution is 7.88. The molecule has 1 rings (SSSR count). The van der Waals surface area contributed by atoms with Crippen LogP contribution in [0.1, 0.15) is 25.7 Å². The molecule has 0 saturated carbocycles. The van der Waals surface area contributed by atoms with Crippen molar-refractivity contribution in [2.45, 2.75) is 25.7 Å². The first kappa shape index (κ1) is 13.4. The van der Waals surface area contributed by atoms with Crippen LogP contribution in [0.4, 0.5) is 0 Å². The number of carbonyl (C=O) groups excluding carboxylic acids is 1. The molecule has 1 atom stereocenters. The quantitative estimate of drug-likeness (QED) is 0.772. The Morgan fingerprint density at radius 2 is 2.12 bits per heavy atom. The number of rotatable bonds is 4. The van der Waals surface area contributed by atoms with Gasteiger partial charge in [-0.15, -0.1) is 0 Å². The van der Waals surface area contributed by atoms with Crippen molar-refractivity contribution in [3.63, 3.8) is 0 Å². The summed E-state index contributed by atoms with van der Waals surface area (Å²) < 4.78 is 23.7. The van der Waals surface area contributed by atoms with Crippen LogP contribution in [0, 0.1) is 5.92 Å². The van der Waals surface area contributed by atoms with E-state index >= 15 is 0 Å². The predicted octanol–water partition coefficient (Wildman–Crippen LogP) is 0.184. The molecule has 0 aromatic rings. The Hall–Kier alpha value is -0.620. The van der Waals surface area contributed by atoms with Gasteiger partial charge in [0.05, 0.1) is 6.26 Å². The molecule has 5 nitrogen and oxygen atoms in total. The fourth-order valence-corrected chi connectivity index (χ4v) is 2.22. The zero-order valence-corrected chi connectivity index (χ0v) is 10.7. The summed E-state index contributed by atoms with van der Waals surface area (Å²) in [5.74, 6) is 0.0334. The largest absolute Gasteiger partial charge is 0.356 e. The Bertz CT molecular complexity index is 340.